The van der Waals surface area contributed by atoms with E-state index >= 15 is 0 Å². The van der Waals surface area contributed by atoms with Gasteiger partial charge in [0.15, 0.2) is 10.9 Å². The lowest BCUT2D eigenvalue weighted by Gasteiger charge is -1.99. The van der Waals surface area contributed by atoms with Crippen molar-refractivity contribution in [1.29, 1.82) is 0 Å². The second-order valence-electron chi connectivity index (χ2n) is 4.83. The minimum Gasteiger partial charge on any atom is -0.439 e. The van der Waals surface area contributed by atoms with Gasteiger partial charge in [-0.3, -0.25) is 0 Å². The largest absolute Gasteiger partial charge is 0.439 e. The Morgan fingerprint density at radius 2 is 2.14 bits per heavy atom. The van der Waals surface area contributed by atoms with Gasteiger partial charge in [0.1, 0.15) is 0 Å². The predicted octanol–water partition coefficient (Wildman–Crippen LogP) is 4.58. The van der Waals surface area contributed by atoms with E-state index in [-0.39, 0.29) is 0 Å². The second-order valence-corrected chi connectivity index (χ2v) is 6.72. The van der Waals surface area contributed by atoms with Gasteiger partial charge in [-0.2, -0.15) is 0 Å². The fourth-order valence-corrected chi connectivity index (χ4v) is 3.80. The zero-order chi connectivity index (χ0) is 14.9. The highest BCUT2D eigenvalue weighted by molar-refractivity contribution is 7.98. The molecule has 0 fully saturated rings. The van der Waals surface area contributed by atoms with Crippen molar-refractivity contribution in [3.05, 3.63) is 53.9 Å². The Morgan fingerprint density at radius 3 is 2.95 bits per heavy atom. The highest BCUT2D eigenvalue weighted by Gasteiger charge is 2.11. The molecule has 4 aromatic rings. The van der Waals surface area contributed by atoms with E-state index in [4.69, 9.17) is 4.42 Å². The third-order valence-corrected chi connectivity index (χ3v) is 5.29. The van der Waals surface area contributed by atoms with Crippen LogP contribution in [0, 0.1) is 0 Å². The summed E-state index contributed by atoms with van der Waals surface area (Å²) in [4.78, 5) is 10.1. The third kappa shape index (κ3) is 2.44. The van der Waals surface area contributed by atoms with Gasteiger partial charge in [-0.15, -0.1) is 11.3 Å². The summed E-state index contributed by atoms with van der Waals surface area (Å²) >= 11 is 3.29. The van der Waals surface area contributed by atoms with Crippen molar-refractivity contribution >= 4 is 34.1 Å². The number of nitrogens with zero attached hydrogens (tertiary/aromatic N) is 3. The van der Waals surface area contributed by atoms with Crippen LogP contribution >= 0.6 is 23.1 Å². The molecule has 4 rings (SSSR count). The quantitative estimate of drug-likeness (QED) is 0.515. The van der Waals surface area contributed by atoms with E-state index in [0.29, 0.717) is 5.75 Å². The maximum absolute atomic E-state index is 5.81. The Hall–Kier alpha value is -2.05. The van der Waals surface area contributed by atoms with Gasteiger partial charge >= 0.3 is 0 Å². The number of imidazole rings is 1. The molecule has 0 unspecified atom stereocenters. The molecule has 0 bridgehead atoms. The summed E-state index contributed by atoms with van der Waals surface area (Å²) in [6.45, 7) is 0. The van der Waals surface area contributed by atoms with Gasteiger partial charge in [0, 0.05) is 7.05 Å². The number of fused-ring (bicyclic) bond motifs is 1. The van der Waals surface area contributed by atoms with Crippen molar-refractivity contribution in [2.45, 2.75) is 10.9 Å². The molecule has 3 heterocycles. The van der Waals surface area contributed by atoms with Crippen LogP contribution in [0.1, 0.15) is 5.89 Å². The molecular formula is C16H13N3OS2. The van der Waals surface area contributed by atoms with Crippen LogP contribution in [0.25, 0.3) is 21.7 Å². The first-order valence-electron chi connectivity index (χ1n) is 6.84. The molecule has 0 aliphatic heterocycles. The Balaban J connectivity index is 1.53. The summed E-state index contributed by atoms with van der Waals surface area (Å²) in [5, 5.41) is 3.00. The summed E-state index contributed by atoms with van der Waals surface area (Å²) in [7, 11) is 2.03. The van der Waals surface area contributed by atoms with Gasteiger partial charge in [0.2, 0.25) is 5.89 Å². The molecule has 22 heavy (non-hydrogen) atoms. The number of thiophene rings is 1. The Morgan fingerprint density at radius 1 is 1.23 bits per heavy atom. The lowest BCUT2D eigenvalue weighted by atomic mass is 10.3. The lowest BCUT2D eigenvalue weighted by molar-refractivity contribution is 0.531. The van der Waals surface area contributed by atoms with E-state index in [1.165, 1.54) is 0 Å². The smallest absolute Gasteiger partial charge is 0.205 e. The number of aromatic nitrogens is 3. The number of para-hydroxylation sites is 2. The number of thioether (sulfide) groups is 1. The van der Waals surface area contributed by atoms with E-state index in [0.717, 1.165) is 32.7 Å². The number of rotatable bonds is 4. The molecule has 0 radical (unpaired) electrons. The van der Waals surface area contributed by atoms with Crippen molar-refractivity contribution in [2.75, 3.05) is 0 Å². The van der Waals surface area contributed by atoms with Crippen molar-refractivity contribution in [1.82, 2.24) is 14.5 Å². The molecule has 6 heteroatoms. The second kappa shape index (κ2) is 5.62. The average molecular weight is 327 g/mol. The van der Waals surface area contributed by atoms with E-state index in [2.05, 4.69) is 20.6 Å². The molecule has 0 N–H and O–H groups in total. The average Bonchev–Trinajstić information content (AvgIpc) is 3.26. The van der Waals surface area contributed by atoms with Crippen LogP contribution in [0.2, 0.25) is 0 Å². The van der Waals surface area contributed by atoms with Crippen LogP contribution in [-0.2, 0) is 12.8 Å². The Labute approximate surface area is 135 Å². The zero-order valence-electron chi connectivity index (χ0n) is 11.9. The Bertz CT molecular complexity index is 909. The van der Waals surface area contributed by atoms with Gasteiger partial charge in [-0.25, -0.2) is 9.97 Å². The maximum Gasteiger partial charge on any atom is 0.205 e. The van der Waals surface area contributed by atoms with Crippen LogP contribution in [0.15, 0.2) is 57.5 Å². The Kier molecular flexibility index (Phi) is 3.48. The summed E-state index contributed by atoms with van der Waals surface area (Å²) in [6.07, 6.45) is 1.79. The lowest BCUT2D eigenvalue weighted by Crippen LogP contribution is -1.91. The molecule has 110 valence electrons. The summed E-state index contributed by atoms with van der Waals surface area (Å²) in [6, 6.07) is 12.2. The molecule has 1 aromatic carbocycles. The SMILES string of the molecule is Cn1c(SCc2ncc(-c3cccs3)o2)nc2ccccc21. The predicted molar refractivity (Wildman–Crippen MR) is 90.1 cm³/mol. The standard InChI is InChI=1S/C16H13N3OS2/c1-19-12-6-3-2-5-11(12)18-16(19)22-10-15-17-9-13(20-15)14-7-4-8-21-14/h2-9H,10H2,1H3. The normalized spacial score (nSPS) is 11.3. The maximum atomic E-state index is 5.81. The highest BCUT2D eigenvalue weighted by Crippen LogP contribution is 2.29. The molecule has 0 saturated heterocycles. The first-order chi connectivity index (χ1) is 10.8. The molecule has 0 saturated carbocycles. The number of hydrogen-bond donors (Lipinski definition) is 0. The number of hydrogen-bond acceptors (Lipinski definition) is 5. The zero-order valence-corrected chi connectivity index (χ0v) is 13.5. The van der Waals surface area contributed by atoms with Gasteiger partial charge in [0.05, 0.1) is 27.9 Å². The van der Waals surface area contributed by atoms with E-state index in [1.807, 2.05) is 42.8 Å². The molecule has 3 aromatic heterocycles. The van der Waals surface area contributed by atoms with Crippen molar-refractivity contribution in [2.24, 2.45) is 7.05 Å². The molecule has 0 atom stereocenters. The van der Waals surface area contributed by atoms with Crippen molar-refractivity contribution < 1.29 is 4.42 Å². The number of aryl methyl sites for hydroxylation is 1. The molecule has 0 aliphatic rings. The minimum atomic E-state index is 0.669. The third-order valence-electron chi connectivity index (χ3n) is 3.39. The molecule has 0 amide bonds. The summed E-state index contributed by atoms with van der Waals surface area (Å²) in [5.74, 6) is 2.22. The monoisotopic (exact) mass is 327 g/mol. The van der Waals surface area contributed by atoms with Crippen LogP contribution in [0.5, 0.6) is 0 Å². The highest BCUT2D eigenvalue weighted by atomic mass is 32.2. The van der Waals surface area contributed by atoms with Crippen LogP contribution in [0.3, 0.4) is 0 Å². The van der Waals surface area contributed by atoms with E-state index in [9.17, 15) is 0 Å². The van der Waals surface area contributed by atoms with E-state index < -0.39 is 0 Å². The van der Waals surface area contributed by atoms with Gasteiger partial charge in [-0.05, 0) is 23.6 Å². The van der Waals surface area contributed by atoms with Gasteiger partial charge in [0.25, 0.3) is 0 Å². The van der Waals surface area contributed by atoms with Crippen LogP contribution < -0.4 is 0 Å². The topological polar surface area (TPSA) is 43.9 Å². The first kappa shape index (κ1) is 13.6. The van der Waals surface area contributed by atoms with Crippen molar-refractivity contribution in [3.63, 3.8) is 0 Å². The minimum absolute atomic E-state index is 0.669. The summed E-state index contributed by atoms with van der Waals surface area (Å²) < 4.78 is 7.91. The first-order valence-corrected chi connectivity index (χ1v) is 8.70. The fourth-order valence-electron chi connectivity index (χ4n) is 2.29. The fraction of sp³-hybridized carbons (Fsp3) is 0.125. The molecular weight excluding hydrogens is 314 g/mol. The van der Waals surface area contributed by atoms with Gasteiger partial charge in [-0.1, -0.05) is 30.0 Å². The number of oxazole rings is 1. The van der Waals surface area contributed by atoms with E-state index in [1.54, 1.807) is 29.3 Å². The molecule has 4 nitrogen and oxygen atoms in total. The van der Waals surface area contributed by atoms with Crippen molar-refractivity contribution in [3.8, 4) is 10.6 Å². The number of benzene rings is 1. The van der Waals surface area contributed by atoms with Crippen LogP contribution in [-0.4, -0.2) is 14.5 Å². The van der Waals surface area contributed by atoms with Gasteiger partial charge < -0.3 is 8.98 Å². The van der Waals surface area contributed by atoms with Crippen LogP contribution in [0.4, 0.5) is 0 Å². The molecule has 0 spiro atoms. The molecule has 0 aliphatic carbocycles. The summed E-state index contributed by atoms with van der Waals surface area (Å²) in [5.41, 5.74) is 2.15.